The summed E-state index contributed by atoms with van der Waals surface area (Å²) in [6.45, 7) is 2.51. The van der Waals surface area contributed by atoms with E-state index >= 15 is 0 Å². The number of amides is 2. The highest BCUT2D eigenvalue weighted by Gasteiger charge is 2.22. The predicted octanol–water partition coefficient (Wildman–Crippen LogP) is 2.96. The van der Waals surface area contributed by atoms with Gasteiger partial charge >= 0.3 is 12.0 Å². The highest BCUT2D eigenvalue weighted by molar-refractivity contribution is 6.00. The van der Waals surface area contributed by atoms with E-state index in [1.54, 1.807) is 31.0 Å². The van der Waals surface area contributed by atoms with Crippen LogP contribution in [0.3, 0.4) is 0 Å². The van der Waals surface area contributed by atoms with Gasteiger partial charge in [0.15, 0.2) is 0 Å². The van der Waals surface area contributed by atoms with Crippen LogP contribution in [0.1, 0.15) is 35.2 Å². The number of hydrogen-bond donors (Lipinski definition) is 2. The first-order valence-electron chi connectivity index (χ1n) is 6.84. The van der Waals surface area contributed by atoms with Gasteiger partial charge < -0.3 is 15.3 Å². The second kappa shape index (κ2) is 5.94. The number of carbonyl (C=O) groups excluding carboxylic acids is 1. The number of carbonyl (C=O) groups is 2. The van der Waals surface area contributed by atoms with Crippen molar-refractivity contribution in [2.45, 2.75) is 26.2 Å². The fraction of sp³-hybridized carbons (Fsp3) is 0.467. The van der Waals surface area contributed by atoms with Gasteiger partial charge in [-0.1, -0.05) is 18.6 Å². The molecule has 1 aromatic carbocycles. The van der Waals surface area contributed by atoms with Crippen molar-refractivity contribution >= 4 is 17.7 Å². The molecule has 108 valence electrons. The van der Waals surface area contributed by atoms with Gasteiger partial charge in [-0.05, 0) is 37.3 Å². The Bertz CT molecular complexity index is 524. The van der Waals surface area contributed by atoms with Crippen molar-refractivity contribution in [3.63, 3.8) is 0 Å². The maximum atomic E-state index is 12.1. The van der Waals surface area contributed by atoms with Gasteiger partial charge in [0.2, 0.25) is 0 Å². The lowest BCUT2D eigenvalue weighted by Gasteiger charge is -2.30. The first-order valence-corrected chi connectivity index (χ1v) is 6.84. The summed E-state index contributed by atoms with van der Waals surface area (Å²) in [4.78, 5) is 25.0. The molecule has 5 heteroatoms. The van der Waals surface area contributed by atoms with Gasteiger partial charge in [0.1, 0.15) is 0 Å². The molecule has 1 aliphatic carbocycles. The molecule has 1 aromatic rings. The number of rotatable bonds is 4. The van der Waals surface area contributed by atoms with Gasteiger partial charge in [0, 0.05) is 13.6 Å². The largest absolute Gasteiger partial charge is 0.478 e. The Labute approximate surface area is 118 Å². The molecule has 0 unspecified atom stereocenters. The number of carboxylic acids is 1. The Morgan fingerprint density at radius 2 is 2.10 bits per heavy atom. The third-order valence-corrected chi connectivity index (χ3v) is 3.84. The Kier molecular flexibility index (Phi) is 4.27. The smallest absolute Gasteiger partial charge is 0.337 e. The molecule has 0 saturated heterocycles. The highest BCUT2D eigenvalue weighted by atomic mass is 16.4. The Hall–Kier alpha value is -2.04. The fourth-order valence-electron chi connectivity index (χ4n) is 2.36. The zero-order valence-corrected chi connectivity index (χ0v) is 11.8. The van der Waals surface area contributed by atoms with Gasteiger partial charge in [-0.2, -0.15) is 0 Å². The van der Waals surface area contributed by atoms with Crippen LogP contribution in [0, 0.1) is 12.8 Å². The lowest BCUT2D eigenvalue weighted by atomic mass is 9.85. The van der Waals surface area contributed by atoms with Crippen LogP contribution in [0.25, 0.3) is 0 Å². The highest BCUT2D eigenvalue weighted by Crippen LogP contribution is 2.27. The SMILES string of the molecule is Cc1cccc(C(=O)O)c1NC(=O)N(C)CC1CCC1. The molecular formula is C15H20N2O3. The predicted molar refractivity (Wildman–Crippen MR) is 77.1 cm³/mol. The number of aromatic carboxylic acids is 1. The van der Waals surface area contributed by atoms with Crippen molar-refractivity contribution in [2.24, 2.45) is 5.92 Å². The molecule has 2 rings (SSSR count). The molecule has 0 bridgehead atoms. The molecule has 2 N–H and O–H groups in total. The standard InChI is InChI=1S/C15H20N2O3/c1-10-5-3-8-12(14(18)19)13(10)16-15(20)17(2)9-11-6-4-7-11/h3,5,8,11H,4,6-7,9H2,1-2H3,(H,16,20)(H,18,19). The number of carboxylic acid groups (broad SMARTS) is 1. The van der Waals surface area contributed by atoms with Crippen LogP contribution >= 0.6 is 0 Å². The van der Waals surface area contributed by atoms with E-state index in [0.717, 1.165) is 12.1 Å². The lowest BCUT2D eigenvalue weighted by molar-refractivity contribution is 0.0698. The van der Waals surface area contributed by atoms with E-state index in [1.165, 1.54) is 25.3 Å². The second-order valence-electron chi connectivity index (χ2n) is 5.41. The number of para-hydroxylation sites is 1. The Morgan fingerprint density at radius 1 is 1.40 bits per heavy atom. The number of nitrogens with zero attached hydrogens (tertiary/aromatic N) is 1. The molecule has 0 atom stereocenters. The number of anilines is 1. The molecule has 20 heavy (non-hydrogen) atoms. The Balaban J connectivity index is 2.08. The van der Waals surface area contributed by atoms with E-state index < -0.39 is 5.97 Å². The Morgan fingerprint density at radius 3 is 2.65 bits per heavy atom. The minimum absolute atomic E-state index is 0.121. The molecule has 2 amide bonds. The van der Waals surface area contributed by atoms with E-state index in [1.807, 2.05) is 0 Å². The summed E-state index contributed by atoms with van der Waals surface area (Å²) in [5.41, 5.74) is 1.25. The van der Waals surface area contributed by atoms with Crippen molar-refractivity contribution in [3.8, 4) is 0 Å². The third kappa shape index (κ3) is 3.10. The van der Waals surface area contributed by atoms with Gasteiger partial charge in [-0.3, -0.25) is 0 Å². The van der Waals surface area contributed by atoms with Gasteiger partial charge in [-0.15, -0.1) is 0 Å². The van der Waals surface area contributed by atoms with E-state index in [9.17, 15) is 9.59 Å². The van der Waals surface area contributed by atoms with Crippen LogP contribution < -0.4 is 5.32 Å². The van der Waals surface area contributed by atoms with Crippen molar-refractivity contribution in [2.75, 3.05) is 18.9 Å². The van der Waals surface area contributed by atoms with Crippen molar-refractivity contribution in [1.82, 2.24) is 4.90 Å². The van der Waals surface area contributed by atoms with Crippen molar-refractivity contribution in [1.29, 1.82) is 0 Å². The fourth-order valence-corrected chi connectivity index (χ4v) is 2.36. The van der Waals surface area contributed by atoms with Crippen molar-refractivity contribution < 1.29 is 14.7 Å². The zero-order chi connectivity index (χ0) is 14.7. The van der Waals surface area contributed by atoms with Crippen LogP contribution in [-0.4, -0.2) is 35.6 Å². The summed E-state index contributed by atoms with van der Waals surface area (Å²) in [6, 6.07) is 4.70. The van der Waals surface area contributed by atoms with Gasteiger partial charge in [0.05, 0.1) is 11.3 Å². The maximum Gasteiger partial charge on any atom is 0.337 e. The number of hydrogen-bond acceptors (Lipinski definition) is 2. The number of urea groups is 1. The summed E-state index contributed by atoms with van der Waals surface area (Å²) in [7, 11) is 1.74. The maximum absolute atomic E-state index is 12.1. The lowest BCUT2D eigenvalue weighted by Crippen LogP contribution is -2.37. The van der Waals surface area contributed by atoms with E-state index in [4.69, 9.17) is 5.11 Å². The minimum atomic E-state index is -1.04. The van der Waals surface area contributed by atoms with E-state index in [0.29, 0.717) is 11.6 Å². The molecule has 1 aliphatic rings. The van der Waals surface area contributed by atoms with Crippen LogP contribution in [0.4, 0.5) is 10.5 Å². The molecule has 0 spiro atoms. The monoisotopic (exact) mass is 276 g/mol. The van der Waals surface area contributed by atoms with Crippen molar-refractivity contribution in [3.05, 3.63) is 29.3 Å². The topological polar surface area (TPSA) is 69.6 Å². The molecule has 0 heterocycles. The van der Waals surface area contributed by atoms with E-state index in [-0.39, 0.29) is 11.6 Å². The average molecular weight is 276 g/mol. The number of aryl methyl sites for hydroxylation is 1. The average Bonchev–Trinajstić information content (AvgIpc) is 2.35. The molecule has 1 fully saturated rings. The zero-order valence-electron chi connectivity index (χ0n) is 11.8. The first kappa shape index (κ1) is 14.4. The van der Waals surface area contributed by atoms with Crippen LogP contribution in [0.15, 0.2) is 18.2 Å². The normalized spacial score (nSPS) is 14.5. The minimum Gasteiger partial charge on any atom is -0.478 e. The summed E-state index contributed by atoms with van der Waals surface area (Å²) in [5, 5.41) is 11.9. The number of benzene rings is 1. The first-order chi connectivity index (χ1) is 9.49. The molecule has 0 aliphatic heterocycles. The summed E-state index contributed by atoms with van der Waals surface area (Å²) < 4.78 is 0. The molecule has 0 aromatic heterocycles. The molecule has 0 radical (unpaired) electrons. The molecule has 5 nitrogen and oxygen atoms in total. The number of nitrogens with one attached hydrogen (secondary N) is 1. The molecule has 1 saturated carbocycles. The summed E-state index contributed by atoms with van der Waals surface area (Å²) in [6.07, 6.45) is 3.58. The van der Waals surface area contributed by atoms with Crippen LogP contribution in [0.5, 0.6) is 0 Å². The molecular weight excluding hydrogens is 256 g/mol. The van der Waals surface area contributed by atoms with Gasteiger partial charge in [0.25, 0.3) is 0 Å². The third-order valence-electron chi connectivity index (χ3n) is 3.84. The van der Waals surface area contributed by atoms with Gasteiger partial charge in [-0.25, -0.2) is 9.59 Å². The summed E-state index contributed by atoms with van der Waals surface area (Å²) in [5.74, 6) is -0.452. The van der Waals surface area contributed by atoms with Crippen LogP contribution in [-0.2, 0) is 0 Å². The van der Waals surface area contributed by atoms with E-state index in [2.05, 4.69) is 5.32 Å². The second-order valence-corrected chi connectivity index (χ2v) is 5.41. The quantitative estimate of drug-likeness (QED) is 0.888. The summed E-state index contributed by atoms with van der Waals surface area (Å²) >= 11 is 0. The van der Waals surface area contributed by atoms with Crippen LogP contribution in [0.2, 0.25) is 0 Å².